The summed E-state index contributed by atoms with van der Waals surface area (Å²) >= 11 is 7.61. The lowest BCUT2D eigenvalue weighted by Crippen LogP contribution is -2.29. The van der Waals surface area contributed by atoms with Crippen molar-refractivity contribution in [1.82, 2.24) is 18.6 Å². The second-order valence-electron chi connectivity index (χ2n) is 9.34. The van der Waals surface area contributed by atoms with Gasteiger partial charge in [-0.15, -0.1) is 0 Å². The summed E-state index contributed by atoms with van der Waals surface area (Å²) in [5, 5.41) is 0.326. The van der Waals surface area contributed by atoms with E-state index in [2.05, 4.69) is 93.2 Å². The van der Waals surface area contributed by atoms with Gasteiger partial charge in [0.05, 0.1) is 23.6 Å². The van der Waals surface area contributed by atoms with Crippen molar-refractivity contribution in [3.63, 3.8) is 0 Å². The topological polar surface area (TPSA) is 74.6 Å². The Morgan fingerprint density at radius 1 is 0.850 bits per heavy atom. The maximum absolute atomic E-state index is 12.7. The summed E-state index contributed by atoms with van der Waals surface area (Å²) in [5.41, 5.74) is 9.01. The molecule has 0 unspecified atom stereocenters. The van der Waals surface area contributed by atoms with Gasteiger partial charge in [-0.3, -0.25) is 14.7 Å². The summed E-state index contributed by atoms with van der Waals surface area (Å²) < 4.78 is 9.51. The SMILES string of the molecule is CCN1C(=O)/C(=N\c2cnc(-c3ccc(N(c4ccc(C)cc4)c4ccc(C)cc4)cc3)c3nsnc23)SC1=S. The molecule has 1 aliphatic rings. The number of hydrogen-bond donors (Lipinski definition) is 0. The van der Waals surface area contributed by atoms with Crippen molar-refractivity contribution in [3.05, 3.63) is 90.1 Å². The first kappa shape index (κ1) is 26.2. The number of rotatable bonds is 6. The Morgan fingerprint density at radius 3 is 1.95 bits per heavy atom. The van der Waals surface area contributed by atoms with Gasteiger partial charge in [0, 0.05) is 29.2 Å². The Bertz CT molecular complexity index is 1720. The zero-order valence-electron chi connectivity index (χ0n) is 22.0. The van der Waals surface area contributed by atoms with Gasteiger partial charge in [0.25, 0.3) is 5.91 Å². The average molecular weight is 581 g/mol. The number of amides is 1. The third kappa shape index (κ3) is 4.90. The third-order valence-electron chi connectivity index (χ3n) is 6.63. The molecular formula is C30H24N6OS3. The summed E-state index contributed by atoms with van der Waals surface area (Å²) in [4.78, 5) is 25.7. The molecule has 3 aromatic carbocycles. The van der Waals surface area contributed by atoms with E-state index in [1.807, 2.05) is 19.1 Å². The molecule has 2 aromatic heterocycles. The number of nitrogens with zero attached hydrogens (tertiary/aromatic N) is 6. The second-order valence-corrected chi connectivity index (χ2v) is 11.5. The lowest BCUT2D eigenvalue weighted by atomic mass is 10.1. The predicted molar refractivity (Wildman–Crippen MR) is 169 cm³/mol. The van der Waals surface area contributed by atoms with Crippen molar-refractivity contribution in [1.29, 1.82) is 0 Å². The number of benzene rings is 3. The Morgan fingerprint density at radius 2 is 1.40 bits per heavy atom. The number of hydrogen-bond acceptors (Lipinski definition) is 9. The molecule has 1 fully saturated rings. The fourth-order valence-electron chi connectivity index (χ4n) is 4.49. The van der Waals surface area contributed by atoms with E-state index in [1.165, 1.54) is 27.8 Å². The van der Waals surface area contributed by atoms with E-state index in [9.17, 15) is 4.79 Å². The van der Waals surface area contributed by atoms with Crippen LogP contribution in [0.2, 0.25) is 0 Å². The molecule has 0 spiro atoms. The Hall–Kier alpha value is -3.99. The number of aryl methyl sites for hydroxylation is 2. The highest BCUT2D eigenvalue weighted by Crippen LogP contribution is 2.37. The Balaban J connectivity index is 1.36. The van der Waals surface area contributed by atoms with Gasteiger partial charge in [-0.2, -0.15) is 8.75 Å². The van der Waals surface area contributed by atoms with Crippen LogP contribution >= 0.6 is 35.7 Å². The number of carbonyl (C=O) groups is 1. The lowest BCUT2D eigenvalue weighted by molar-refractivity contribution is -0.119. The van der Waals surface area contributed by atoms with Crippen molar-refractivity contribution < 1.29 is 4.79 Å². The lowest BCUT2D eigenvalue weighted by Gasteiger charge is -2.26. The fraction of sp³-hybridized carbons (Fsp3) is 0.133. The molecule has 0 saturated carbocycles. The first-order valence-electron chi connectivity index (χ1n) is 12.7. The molecule has 7 nitrogen and oxygen atoms in total. The zero-order chi connectivity index (χ0) is 27.8. The second kappa shape index (κ2) is 10.9. The number of anilines is 3. The molecule has 5 aromatic rings. The normalized spacial score (nSPS) is 14.5. The zero-order valence-corrected chi connectivity index (χ0v) is 24.5. The number of pyridine rings is 1. The molecule has 1 aliphatic heterocycles. The van der Waals surface area contributed by atoms with Crippen LogP contribution in [0.4, 0.5) is 22.7 Å². The van der Waals surface area contributed by atoms with Gasteiger partial charge < -0.3 is 4.90 Å². The Kier molecular flexibility index (Phi) is 7.14. The summed E-state index contributed by atoms with van der Waals surface area (Å²) in [6.07, 6.45) is 1.65. The van der Waals surface area contributed by atoms with Crippen LogP contribution in [-0.2, 0) is 4.79 Å². The average Bonchev–Trinajstić information content (AvgIpc) is 3.56. The highest BCUT2D eigenvalue weighted by Gasteiger charge is 2.32. The molecule has 10 heteroatoms. The number of carbonyl (C=O) groups excluding carboxylic acids is 1. The highest BCUT2D eigenvalue weighted by atomic mass is 32.2. The molecule has 0 aliphatic carbocycles. The van der Waals surface area contributed by atoms with Gasteiger partial charge in [0.2, 0.25) is 0 Å². The molecule has 0 bridgehead atoms. The number of aromatic nitrogens is 3. The highest BCUT2D eigenvalue weighted by molar-refractivity contribution is 8.35. The van der Waals surface area contributed by atoms with Gasteiger partial charge in [0.1, 0.15) is 21.0 Å². The van der Waals surface area contributed by atoms with E-state index < -0.39 is 0 Å². The van der Waals surface area contributed by atoms with Crippen molar-refractivity contribution in [2.75, 3.05) is 11.4 Å². The van der Waals surface area contributed by atoms with E-state index in [0.717, 1.165) is 34.4 Å². The van der Waals surface area contributed by atoms with Crippen LogP contribution < -0.4 is 4.90 Å². The van der Waals surface area contributed by atoms with Crippen LogP contribution in [0, 0.1) is 13.8 Å². The number of fused-ring (bicyclic) bond motifs is 1. The minimum Gasteiger partial charge on any atom is -0.311 e. The summed E-state index contributed by atoms with van der Waals surface area (Å²) in [5.74, 6) is -0.194. The standard InChI is InChI=1S/C30H24N6OS3/c1-4-35-29(37)28(39-30(35)38)32-24-17-31-25(27-26(24)33-40-34-27)20-9-15-23(16-10-20)36(21-11-5-18(2)6-12-21)22-13-7-19(3)8-14-22/h5-17H,4H2,1-3H3/b32-28+. The molecular weight excluding hydrogens is 557 g/mol. The number of thiocarbonyl (C=S) groups is 1. The van der Waals surface area contributed by atoms with E-state index in [0.29, 0.717) is 38.3 Å². The van der Waals surface area contributed by atoms with Crippen LogP contribution in [0.25, 0.3) is 22.3 Å². The minimum atomic E-state index is -0.194. The van der Waals surface area contributed by atoms with Gasteiger partial charge >= 0.3 is 0 Å². The van der Waals surface area contributed by atoms with E-state index in [-0.39, 0.29) is 5.91 Å². The summed E-state index contributed by atoms with van der Waals surface area (Å²) in [6.45, 7) is 6.58. The van der Waals surface area contributed by atoms with Crippen LogP contribution in [0.1, 0.15) is 18.1 Å². The van der Waals surface area contributed by atoms with Gasteiger partial charge in [-0.25, -0.2) is 4.99 Å². The summed E-state index contributed by atoms with van der Waals surface area (Å²) in [6, 6.07) is 25.3. The predicted octanol–water partition coefficient (Wildman–Crippen LogP) is 7.75. The number of thioether (sulfide) groups is 1. The molecule has 1 amide bonds. The van der Waals surface area contributed by atoms with Crippen LogP contribution in [-0.4, -0.2) is 40.4 Å². The Labute approximate surface area is 245 Å². The van der Waals surface area contributed by atoms with Crippen molar-refractivity contribution in [3.8, 4) is 11.3 Å². The maximum atomic E-state index is 12.7. The van der Waals surface area contributed by atoms with Crippen LogP contribution in [0.5, 0.6) is 0 Å². The first-order valence-corrected chi connectivity index (χ1v) is 14.7. The molecule has 40 heavy (non-hydrogen) atoms. The summed E-state index contributed by atoms with van der Waals surface area (Å²) in [7, 11) is 0. The van der Waals surface area contributed by atoms with Crippen molar-refractivity contribution in [2.24, 2.45) is 4.99 Å². The molecule has 0 atom stereocenters. The van der Waals surface area contributed by atoms with E-state index >= 15 is 0 Å². The van der Waals surface area contributed by atoms with Crippen LogP contribution in [0.3, 0.4) is 0 Å². The fourth-order valence-corrected chi connectivity index (χ4v) is 6.32. The van der Waals surface area contributed by atoms with Gasteiger partial charge in [0.15, 0.2) is 5.04 Å². The van der Waals surface area contributed by atoms with E-state index in [1.54, 1.807) is 6.20 Å². The largest absolute Gasteiger partial charge is 0.311 e. The smallest absolute Gasteiger partial charge is 0.284 e. The maximum Gasteiger partial charge on any atom is 0.284 e. The third-order valence-corrected chi connectivity index (χ3v) is 8.48. The molecule has 0 N–H and O–H groups in total. The monoisotopic (exact) mass is 580 g/mol. The molecule has 0 radical (unpaired) electrons. The van der Waals surface area contributed by atoms with Crippen LogP contribution in [0.15, 0.2) is 84.0 Å². The first-order chi connectivity index (χ1) is 19.4. The molecule has 3 heterocycles. The molecule has 6 rings (SSSR count). The molecule has 198 valence electrons. The minimum absolute atomic E-state index is 0.194. The van der Waals surface area contributed by atoms with Crippen molar-refractivity contribution in [2.45, 2.75) is 20.8 Å². The number of aliphatic imine (C=N–C) groups is 1. The molecule has 1 saturated heterocycles. The van der Waals surface area contributed by atoms with Gasteiger partial charge in [-0.05, 0) is 68.9 Å². The quantitative estimate of drug-likeness (QED) is 0.190. The van der Waals surface area contributed by atoms with Crippen molar-refractivity contribution >= 4 is 84.8 Å². The van der Waals surface area contributed by atoms with Gasteiger partial charge in [-0.1, -0.05) is 59.7 Å². The van der Waals surface area contributed by atoms with E-state index in [4.69, 9.17) is 17.2 Å².